The van der Waals surface area contributed by atoms with Crippen LogP contribution in [-0.2, 0) is 14.6 Å². The van der Waals surface area contributed by atoms with Gasteiger partial charge in [-0.3, -0.25) is 4.79 Å². The topological polar surface area (TPSA) is 71.4 Å². The van der Waals surface area contributed by atoms with Crippen LogP contribution in [0.2, 0.25) is 0 Å². The quantitative estimate of drug-likeness (QED) is 0.697. The fourth-order valence-corrected chi connectivity index (χ4v) is 3.31. The fourth-order valence-electron chi connectivity index (χ4n) is 1.10. The van der Waals surface area contributed by atoms with Crippen molar-refractivity contribution in [1.82, 2.24) is 0 Å². The van der Waals surface area contributed by atoms with Gasteiger partial charge in [-0.2, -0.15) is 0 Å². The van der Waals surface area contributed by atoms with E-state index >= 15 is 0 Å². The van der Waals surface area contributed by atoms with Crippen LogP contribution in [0, 0.1) is 0 Å². The second-order valence-corrected chi connectivity index (χ2v) is 7.43. The molecule has 0 saturated carbocycles. The normalized spacial score (nSPS) is 13.7. The van der Waals surface area contributed by atoms with Crippen molar-refractivity contribution in [2.45, 2.75) is 43.2 Å². The van der Waals surface area contributed by atoms with Gasteiger partial charge in [0.05, 0.1) is 5.75 Å². The van der Waals surface area contributed by atoms with E-state index in [-0.39, 0.29) is 18.6 Å². The van der Waals surface area contributed by atoms with Crippen molar-refractivity contribution >= 4 is 31.7 Å². The Kier molecular flexibility index (Phi) is 7.17. The summed E-state index contributed by atoms with van der Waals surface area (Å²) in [5.41, 5.74) is 0. The molecule has 1 atom stereocenters. The van der Waals surface area contributed by atoms with Crippen molar-refractivity contribution in [3.05, 3.63) is 0 Å². The molecule has 0 aliphatic rings. The summed E-state index contributed by atoms with van der Waals surface area (Å²) >= 11 is 3.13. The smallest absolute Gasteiger partial charge is 0.303 e. The van der Waals surface area contributed by atoms with Crippen molar-refractivity contribution in [1.29, 1.82) is 0 Å². The SMILES string of the molecule is CCCCC(Br)S(=O)(=O)CCCC(=O)O. The molecule has 15 heavy (non-hydrogen) atoms. The Balaban J connectivity index is 4.00. The molecule has 1 unspecified atom stereocenters. The van der Waals surface area contributed by atoms with Crippen LogP contribution < -0.4 is 0 Å². The lowest BCUT2D eigenvalue weighted by Gasteiger charge is -2.09. The number of carboxylic acids is 1. The third-order valence-corrected chi connectivity index (χ3v) is 6.03. The highest BCUT2D eigenvalue weighted by atomic mass is 79.9. The molecule has 0 spiro atoms. The zero-order valence-electron chi connectivity index (χ0n) is 8.78. The molecule has 0 rings (SSSR count). The van der Waals surface area contributed by atoms with Crippen LogP contribution in [0.25, 0.3) is 0 Å². The predicted octanol–water partition coefficient (Wildman–Crippen LogP) is 2.18. The van der Waals surface area contributed by atoms with Crippen LogP contribution in [0.3, 0.4) is 0 Å². The van der Waals surface area contributed by atoms with Crippen molar-refractivity contribution in [2.24, 2.45) is 0 Å². The molecular weight excluding hydrogens is 284 g/mol. The number of alkyl halides is 1. The van der Waals surface area contributed by atoms with Crippen LogP contribution in [0.4, 0.5) is 0 Å². The van der Waals surface area contributed by atoms with Gasteiger partial charge in [-0.25, -0.2) is 8.42 Å². The van der Waals surface area contributed by atoms with E-state index < -0.39 is 20.0 Å². The van der Waals surface area contributed by atoms with E-state index in [0.29, 0.717) is 6.42 Å². The van der Waals surface area contributed by atoms with Gasteiger partial charge in [-0.05, 0) is 12.8 Å². The zero-order valence-corrected chi connectivity index (χ0v) is 11.2. The van der Waals surface area contributed by atoms with E-state index in [1.807, 2.05) is 6.92 Å². The number of carbonyl (C=O) groups is 1. The lowest BCUT2D eigenvalue weighted by Crippen LogP contribution is -2.19. The molecule has 0 bridgehead atoms. The van der Waals surface area contributed by atoms with Crippen molar-refractivity contribution in [3.63, 3.8) is 0 Å². The molecular formula is C9H17BrO4S. The molecule has 90 valence electrons. The number of hydrogen-bond acceptors (Lipinski definition) is 3. The zero-order chi connectivity index (χ0) is 11.9. The van der Waals surface area contributed by atoms with Crippen molar-refractivity contribution in [2.75, 3.05) is 5.75 Å². The van der Waals surface area contributed by atoms with Crippen LogP contribution in [0.15, 0.2) is 0 Å². The fraction of sp³-hybridized carbons (Fsp3) is 0.889. The Labute approximate surface area is 99.1 Å². The highest BCUT2D eigenvalue weighted by Gasteiger charge is 2.21. The summed E-state index contributed by atoms with van der Waals surface area (Å²) in [6, 6.07) is 0. The molecule has 0 heterocycles. The van der Waals surface area contributed by atoms with Crippen LogP contribution >= 0.6 is 15.9 Å². The number of rotatable bonds is 8. The Hall–Kier alpha value is -0.100. The molecule has 0 aromatic heterocycles. The van der Waals surface area contributed by atoms with E-state index in [2.05, 4.69) is 15.9 Å². The summed E-state index contributed by atoms with van der Waals surface area (Å²) in [4.78, 5) is 10.2. The van der Waals surface area contributed by atoms with Crippen molar-refractivity contribution < 1.29 is 18.3 Å². The minimum Gasteiger partial charge on any atom is -0.481 e. The van der Waals surface area contributed by atoms with Gasteiger partial charge in [0.1, 0.15) is 4.16 Å². The van der Waals surface area contributed by atoms with Gasteiger partial charge < -0.3 is 5.11 Å². The summed E-state index contributed by atoms with van der Waals surface area (Å²) in [7, 11) is -3.17. The maximum atomic E-state index is 11.6. The van der Waals surface area contributed by atoms with Gasteiger partial charge in [-0.15, -0.1) is 0 Å². The van der Waals surface area contributed by atoms with Crippen LogP contribution in [-0.4, -0.2) is 29.4 Å². The molecule has 0 radical (unpaired) electrons. The standard InChI is InChI=1S/C9H17BrO4S/c1-2-3-5-8(10)15(13,14)7-4-6-9(11)12/h8H,2-7H2,1H3,(H,11,12). The first kappa shape index (κ1) is 14.9. The molecule has 0 aromatic carbocycles. The average molecular weight is 301 g/mol. The van der Waals surface area contributed by atoms with E-state index in [4.69, 9.17) is 5.11 Å². The second-order valence-electron chi connectivity index (χ2n) is 3.42. The third-order valence-electron chi connectivity index (χ3n) is 1.99. The number of sulfone groups is 1. The van der Waals surface area contributed by atoms with Gasteiger partial charge in [0.15, 0.2) is 9.84 Å². The van der Waals surface area contributed by atoms with E-state index in [9.17, 15) is 13.2 Å². The second kappa shape index (κ2) is 7.22. The largest absolute Gasteiger partial charge is 0.481 e. The van der Waals surface area contributed by atoms with Gasteiger partial charge in [0.2, 0.25) is 0 Å². The van der Waals surface area contributed by atoms with E-state index in [1.165, 1.54) is 0 Å². The monoisotopic (exact) mass is 300 g/mol. The Bertz CT molecular complexity index is 286. The number of aliphatic carboxylic acids is 1. The van der Waals surface area contributed by atoms with Crippen LogP contribution in [0.5, 0.6) is 0 Å². The number of unbranched alkanes of at least 4 members (excludes halogenated alkanes) is 1. The van der Waals surface area contributed by atoms with Crippen LogP contribution in [0.1, 0.15) is 39.0 Å². The Morgan fingerprint density at radius 3 is 2.47 bits per heavy atom. The van der Waals surface area contributed by atoms with Gasteiger partial charge in [0.25, 0.3) is 0 Å². The molecule has 0 aliphatic carbocycles. The minimum atomic E-state index is -3.17. The molecule has 6 heteroatoms. The Morgan fingerprint density at radius 2 is 2.00 bits per heavy atom. The molecule has 0 aliphatic heterocycles. The molecule has 1 N–H and O–H groups in total. The van der Waals surface area contributed by atoms with Gasteiger partial charge in [-0.1, -0.05) is 35.7 Å². The average Bonchev–Trinajstić information content (AvgIpc) is 2.13. The highest BCUT2D eigenvalue weighted by Crippen LogP contribution is 2.18. The van der Waals surface area contributed by atoms with Gasteiger partial charge in [0, 0.05) is 6.42 Å². The molecule has 0 saturated heterocycles. The Morgan fingerprint density at radius 1 is 1.40 bits per heavy atom. The molecule has 4 nitrogen and oxygen atoms in total. The maximum absolute atomic E-state index is 11.6. The first-order valence-electron chi connectivity index (χ1n) is 4.97. The molecule has 0 amide bonds. The summed E-state index contributed by atoms with van der Waals surface area (Å²) < 4.78 is 22.6. The molecule has 0 aromatic rings. The first-order valence-corrected chi connectivity index (χ1v) is 7.60. The molecule has 0 fully saturated rings. The lowest BCUT2D eigenvalue weighted by atomic mass is 10.3. The summed E-state index contributed by atoms with van der Waals surface area (Å²) in [6.07, 6.45) is 2.49. The number of halogens is 1. The van der Waals surface area contributed by atoms with Gasteiger partial charge >= 0.3 is 5.97 Å². The maximum Gasteiger partial charge on any atom is 0.303 e. The summed E-state index contributed by atoms with van der Waals surface area (Å²) in [6.45, 7) is 2.00. The van der Waals surface area contributed by atoms with E-state index in [0.717, 1.165) is 12.8 Å². The summed E-state index contributed by atoms with van der Waals surface area (Å²) in [5.74, 6) is -1.01. The first-order chi connectivity index (χ1) is 6.90. The predicted molar refractivity (Wildman–Crippen MR) is 62.9 cm³/mol. The van der Waals surface area contributed by atoms with Crippen molar-refractivity contribution in [3.8, 4) is 0 Å². The number of carboxylic acid groups (broad SMARTS) is 1. The lowest BCUT2D eigenvalue weighted by molar-refractivity contribution is -0.137. The highest BCUT2D eigenvalue weighted by molar-refractivity contribution is 9.11. The summed E-state index contributed by atoms with van der Waals surface area (Å²) in [5, 5.41) is 8.38. The third kappa shape index (κ3) is 6.89. The minimum absolute atomic E-state index is 0.0566. The van der Waals surface area contributed by atoms with E-state index in [1.54, 1.807) is 0 Å². The number of hydrogen-bond donors (Lipinski definition) is 1.